The van der Waals surface area contributed by atoms with Crippen LogP contribution in [-0.2, 0) is 0 Å². The Morgan fingerprint density at radius 3 is 2.62 bits per heavy atom. The summed E-state index contributed by atoms with van der Waals surface area (Å²) >= 11 is 0. The van der Waals surface area contributed by atoms with Crippen molar-refractivity contribution < 1.29 is 14.3 Å². The van der Waals surface area contributed by atoms with Crippen molar-refractivity contribution in [2.45, 2.75) is 12.3 Å². The van der Waals surface area contributed by atoms with Gasteiger partial charge in [0.2, 0.25) is 0 Å². The second kappa shape index (κ2) is 5.56. The fourth-order valence-corrected chi connectivity index (χ4v) is 2.96. The van der Waals surface area contributed by atoms with Crippen LogP contribution < -0.4 is 4.90 Å². The number of carboxylic acids is 1. The first-order chi connectivity index (χ1) is 10.2. The van der Waals surface area contributed by atoms with E-state index in [1.165, 1.54) is 11.6 Å². The van der Waals surface area contributed by atoms with Crippen LogP contribution in [0.25, 0.3) is 0 Å². The molecule has 2 aromatic rings. The van der Waals surface area contributed by atoms with Crippen LogP contribution in [0.2, 0.25) is 0 Å². The van der Waals surface area contributed by atoms with Gasteiger partial charge in [-0.25, -0.2) is 9.18 Å². The number of hydrogen-bond acceptors (Lipinski definition) is 2. The van der Waals surface area contributed by atoms with Crippen LogP contribution in [-0.4, -0.2) is 24.2 Å². The van der Waals surface area contributed by atoms with Crippen molar-refractivity contribution in [1.29, 1.82) is 0 Å². The Labute approximate surface area is 122 Å². The van der Waals surface area contributed by atoms with Crippen molar-refractivity contribution in [1.82, 2.24) is 0 Å². The minimum Gasteiger partial charge on any atom is -0.478 e. The third kappa shape index (κ3) is 2.61. The molecule has 1 aliphatic heterocycles. The maximum absolute atomic E-state index is 13.8. The van der Waals surface area contributed by atoms with E-state index in [2.05, 4.69) is 12.1 Å². The molecule has 2 aromatic carbocycles. The molecular formula is C17H16FNO2. The Balaban J connectivity index is 1.87. The van der Waals surface area contributed by atoms with Gasteiger partial charge in [0.15, 0.2) is 0 Å². The number of nitrogens with zero attached hydrogens (tertiary/aromatic N) is 1. The quantitative estimate of drug-likeness (QED) is 0.938. The van der Waals surface area contributed by atoms with E-state index in [0.717, 1.165) is 13.0 Å². The number of hydrogen-bond donors (Lipinski definition) is 1. The molecule has 3 rings (SSSR count). The van der Waals surface area contributed by atoms with Crippen LogP contribution in [0.15, 0.2) is 48.5 Å². The Morgan fingerprint density at radius 1 is 1.14 bits per heavy atom. The summed E-state index contributed by atoms with van der Waals surface area (Å²) in [5.74, 6) is -1.54. The fraction of sp³-hybridized carbons (Fsp3) is 0.235. The van der Waals surface area contributed by atoms with Crippen molar-refractivity contribution >= 4 is 11.7 Å². The van der Waals surface area contributed by atoms with E-state index in [1.807, 2.05) is 23.1 Å². The average Bonchev–Trinajstić information content (AvgIpc) is 2.97. The molecule has 0 saturated carbocycles. The average molecular weight is 285 g/mol. The van der Waals surface area contributed by atoms with Gasteiger partial charge >= 0.3 is 5.97 Å². The first-order valence-electron chi connectivity index (χ1n) is 6.98. The van der Waals surface area contributed by atoms with Crippen LogP contribution in [0.4, 0.5) is 10.1 Å². The van der Waals surface area contributed by atoms with E-state index >= 15 is 0 Å². The molecule has 0 amide bonds. The Bertz CT molecular complexity index is 657. The minimum absolute atomic E-state index is 0.230. The molecule has 4 heteroatoms. The molecule has 1 heterocycles. The van der Waals surface area contributed by atoms with Crippen LogP contribution >= 0.6 is 0 Å². The lowest BCUT2D eigenvalue weighted by molar-refractivity contribution is 0.0692. The normalized spacial score (nSPS) is 18.0. The molecule has 0 aromatic heterocycles. The Kier molecular flexibility index (Phi) is 3.60. The predicted octanol–water partition coefficient (Wildman–Crippen LogP) is 3.52. The standard InChI is InChI=1S/C17H16FNO2/c18-14-7-4-8-15(16(14)17(20)21)19-10-9-13(11-19)12-5-2-1-3-6-12/h1-8,13H,9-11H2,(H,20,21). The SMILES string of the molecule is O=C(O)c1c(F)cccc1N1CCC(c2ccccc2)C1. The summed E-state index contributed by atoms with van der Waals surface area (Å²) in [7, 11) is 0. The molecule has 108 valence electrons. The molecule has 21 heavy (non-hydrogen) atoms. The molecule has 3 nitrogen and oxygen atoms in total. The van der Waals surface area contributed by atoms with Gasteiger partial charge in [-0.2, -0.15) is 0 Å². The van der Waals surface area contributed by atoms with Gasteiger partial charge in [-0.05, 0) is 24.1 Å². The van der Waals surface area contributed by atoms with Gasteiger partial charge < -0.3 is 10.0 Å². The van der Waals surface area contributed by atoms with Gasteiger partial charge in [0.25, 0.3) is 0 Å². The summed E-state index contributed by atoms with van der Waals surface area (Å²) in [5, 5.41) is 9.22. The molecule has 1 fully saturated rings. The van der Waals surface area contributed by atoms with Gasteiger partial charge in [0, 0.05) is 19.0 Å². The predicted molar refractivity (Wildman–Crippen MR) is 79.4 cm³/mol. The maximum atomic E-state index is 13.8. The number of benzene rings is 2. The second-order valence-electron chi connectivity index (χ2n) is 5.28. The zero-order valence-electron chi connectivity index (χ0n) is 11.5. The van der Waals surface area contributed by atoms with Crippen LogP contribution in [0.5, 0.6) is 0 Å². The molecule has 1 atom stereocenters. The Morgan fingerprint density at radius 2 is 1.90 bits per heavy atom. The molecular weight excluding hydrogens is 269 g/mol. The fourth-order valence-electron chi connectivity index (χ4n) is 2.96. The summed E-state index contributed by atoms with van der Waals surface area (Å²) in [6.45, 7) is 1.46. The van der Waals surface area contributed by atoms with Gasteiger partial charge in [0.05, 0.1) is 5.69 Å². The summed E-state index contributed by atoms with van der Waals surface area (Å²) in [6, 6.07) is 14.6. The van der Waals surface area contributed by atoms with E-state index < -0.39 is 11.8 Å². The molecule has 0 bridgehead atoms. The monoisotopic (exact) mass is 285 g/mol. The largest absolute Gasteiger partial charge is 0.478 e. The van der Waals surface area contributed by atoms with Crippen LogP contribution in [0.1, 0.15) is 28.3 Å². The van der Waals surface area contributed by atoms with Crippen molar-refractivity contribution in [2.24, 2.45) is 0 Å². The highest BCUT2D eigenvalue weighted by atomic mass is 19.1. The van der Waals surface area contributed by atoms with Gasteiger partial charge in [-0.3, -0.25) is 0 Å². The lowest BCUT2D eigenvalue weighted by Crippen LogP contribution is -2.22. The highest BCUT2D eigenvalue weighted by Crippen LogP contribution is 2.33. The van der Waals surface area contributed by atoms with Gasteiger partial charge in [-0.1, -0.05) is 36.4 Å². The topological polar surface area (TPSA) is 40.5 Å². The van der Waals surface area contributed by atoms with Crippen molar-refractivity contribution in [2.75, 3.05) is 18.0 Å². The van der Waals surface area contributed by atoms with E-state index in [-0.39, 0.29) is 5.56 Å². The number of aromatic carboxylic acids is 1. The lowest BCUT2D eigenvalue weighted by Gasteiger charge is -2.21. The minimum atomic E-state index is -1.22. The number of anilines is 1. The molecule has 1 unspecified atom stereocenters. The van der Waals surface area contributed by atoms with E-state index in [4.69, 9.17) is 0 Å². The second-order valence-corrected chi connectivity index (χ2v) is 5.28. The van der Waals surface area contributed by atoms with Crippen molar-refractivity contribution in [3.05, 3.63) is 65.5 Å². The summed E-state index contributed by atoms with van der Waals surface area (Å²) < 4.78 is 13.8. The molecule has 0 radical (unpaired) electrons. The third-order valence-electron chi connectivity index (χ3n) is 4.01. The highest BCUT2D eigenvalue weighted by molar-refractivity contribution is 5.94. The molecule has 1 aliphatic rings. The van der Waals surface area contributed by atoms with Crippen LogP contribution in [0.3, 0.4) is 0 Å². The van der Waals surface area contributed by atoms with Crippen molar-refractivity contribution in [3.8, 4) is 0 Å². The third-order valence-corrected chi connectivity index (χ3v) is 4.01. The molecule has 0 spiro atoms. The van der Waals surface area contributed by atoms with Gasteiger partial charge in [0.1, 0.15) is 11.4 Å². The lowest BCUT2D eigenvalue weighted by atomic mass is 9.99. The number of carbonyl (C=O) groups is 1. The maximum Gasteiger partial charge on any atom is 0.340 e. The zero-order valence-corrected chi connectivity index (χ0v) is 11.5. The number of carboxylic acid groups (broad SMARTS) is 1. The summed E-state index contributed by atoms with van der Waals surface area (Å²) in [5.41, 5.74) is 1.49. The van der Waals surface area contributed by atoms with Gasteiger partial charge in [-0.15, -0.1) is 0 Å². The number of rotatable bonds is 3. The van der Waals surface area contributed by atoms with Crippen LogP contribution in [0, 0.1) is 5.82 Å². The molecule has 1 saturated heterocycles. The molecule has 1 N–H and O–H groups in total. The zero-order chi connectivity index (χ0) is 14.8. The Hall–Kier alpha value is -2.36. The number of halogens is 1. The van der Waals surface area contributed by atoms with Crippen molar-refractivity contribution in [3.63, 3.8) is 0 Å². The smallest absolute Gasteiger partial charge is 0.340 e. The summed E-state index contributed by atoms with van der Waals surface area (Å²) in [6.07, 6.45) is 0.944. The first-order valence-corrected chi connectivity index (χ1v) is 6.98. The highest BCUT2D eigenvalue weighted by Gasteiger charge is 2.28. The van der Waals surface area contributed by atoms with E-state index in [9.17, 15) is 14.3 Å². The summed E-state index contributed by atoms with van der Waals surface area (Å²) in [4.78, 5) is 13.2. The van der Waals surface area contributed by atoms with E-state index in [0.29, 0.717) is 18.2 Å². The first kappa shape index (κ1) is 13.6. The van der Waals surface area contributed by atoms with E-state index in [1.54, 1.807) is 12.1 Å². The molecule has 0 aliphatic carbocycles.